The number of halogens is 1. The van der Waals surface area contributed by atoms with Crippen LogP contribution in [0.15, 0.2) is 41.8 Å². The van der Waals surface area contributed by atoms with Gasteiger partial charge in [0.05, 0.1) is 17.1 Å². The lowest BCUT2D eigenvalue weighted by Gasteiger charge is -2.26. The number of benzene rings is 1. The van der Waals surface area contributed by atoms with Gasteiger partial charge in [-0.05, 0) is 54.1 Å². The van der Waals surface area contributed by atoms with E-state index in [0.29, 0.717) is 13.1 Å². The molecule has 0 saturated heterocycles. The van der Waals surface area contributed by atoms with Crippen molar-refractivity contribution in [1.29, 1.82) is 0 Å². The number of rotatable bonds is 3. The second-order valence-electron chi connectivity index (χ2n) is 7.04. The van der Waals surface area contributed by atoms with E-state index in [1.54, 1.807) is 23.5 Å². The minimum absolute atomic E-state index is 0.0887. The van der Waals surface area contributed by atoms with Gasteiger partial charge in [0.15, 0.2) is 0 Å². The molecule has 0 bridgehead atoms. The molecule has 4 heterocycles. The van der Waals surface area contributed by atoms with Gasteiger partial charge in [-0.2, -0.15) is 5.10 Å². The molecule has 0 saturated carbocycles. The molecule has 1 aliphatic heterocycles. The normalized spacial score (nSPS) is 13.9. The van der Waals surface area contributed by atoms with Crippen LogP contribution in [-0.2, 0) is 19.5 Å². The van der Waals surface area contributed by atoms with E-state index < -0.39 is 0 Å². The number of fused-ring (bicyclic) bond motifs is 2. The molecule has 4 aromatic rings. The van der Waals surface area contributed by atoms with Gasteiger partial charge < -0.3 is 4.90 Å². The zero-order valence-electron chi connectivity index (χ0n) is 15.3. The Bertz CT molecular complexity index is 1170. The van der Waals surface area contributed by atoms with Gasteiger partial charge in [-0.3, -0.25) is 9.48 Å². The molecule has 0 fully saturated rings. The van der Waals surface area contributed by atoms with E-state index in [1.807, 2.05) is 22.6 Å². The topological polar surface area (TPSA) is 38.1 Å². The van der Waals surface area contributed by atoms with E-state index in [2.05, 4.69) is 16.5 Å². The van der Waals surface area contributed by atoms with Gasteiger partial charge in [0.25, 0.3) is 5.91 Å². The third-order valence-corrected chi connectivity index (χ3v) is 7.32. The molecule has 1 aliphatic rings. The average Bonchev–Trinajstić information content (AvgIpc) is 3.40. The van der Waals surface area contributed by atoms with E-state index in [1.165, 1.54) is 33.9 Å². The minimum Gasteiger partial charge on any atom is -0.333 e. The van der Waals surface area contributed by atoms with Gasteiger partial charge in [-0.25, -0.2) is 4.39 Å². The number of aryl methyl sites for hydroxylation is 1. The Morgan fingerprint density at radius 2 is 2.07 bits per heavy atom. The third kappa shape index (κ3) is 3.04. The molecule has 0 unspecified atom stereocenters. The lowest BCUT2D eigenvalue weighted by atomic mass is 10.1. The van der Waals surface area contributed by atoms with Crippen molar-refractivity contribution in [2.75, 3.05) is 6.54 Å². The summed E-state index contributed by atoms with van der Waals surface area (Å²) in [5.74, 6) is -0.157. The van der Waals surface area contributed by atoms with Crippen molar-refractivity contribution in [2.24, 2.45) is 0 Å². The molecule has 142 valence electrons. The molecule has 0 aliphatic carbocycles. The lowest BCUT2D eigenvalue weighted by Crippen LogP contribution is -2.34. The zero-order valence-corrected chi connectivity index (χ0v) is 16.9. The summed E-state index contributed by atoms with van der Waals surface area (Å²) < 4.78 is 15.1. The summed E-state index contributed by atoms with van der Waals surface area (Å²) in [7, 11) is 0. The Morgan fingerprint density at radius 3 is 2.89 bits per heavy atom. The first-order valence-electron chi connectivity index (χ1n) is 9.14. The largest absolute Gasteiger partial charge is 0.333 e. The summed E-state index contributed by atoms with van der Waals surface area (Å²) in [5, 5.41) is 7.73. The molecule has 4 nitrogen and oxygen atoms in total. The van der Waals surface area contributed by atoms with Crippen LogP contribution in [0.3, 0.4) is 0 Å². The standard InChI is InChI=1S/C21H18FN3OS2/c1-13-17-10-19(20(26)24-8-6-18-15(12-24)7-9-27-18)28-21(17)25(23-13)11-14-2-4-16(22)5-3-14/h2-5,7,9-10H,6,8,11-12H2,1H3. The summed E-state index contributed by atoms with van der Waals surface area (Å²) in [6, 6.07) is 10.5. The molecule has 0 radical (unpaired) electrons. The Morgan fingerprint density at radius 1 is 1.25 bits per heavy atom. The molecule has 1 amide bonds. The highest BCUT2D eigenvalue weighted by atomic mass is 32.1. The number of hydrogen-bond donors (Lipinski definition) is 0. The van der Waals surface area contributed by atoms with Gasteiger partial charge in [-0.1, -0.05) is 12.1 Å². The van der Waals surface area contributed by atoms with Crippen molar-refractivity contribution in [3.8, 4) is 0 Å². The number of carbonyl (C=O) groups excluding carboxylic acids is 1. The Hall–Kier alpha value is -2.51. The molecule has 0 atom stereocenters. The highest BCUT2D eigenvalue weighted by Crippen LogP contribution is 2.31. The SMILES string of the molecule is Cc1nn(Cc2ccc(F)cc2)c2sc(C(=O)N3CCc4sccc4C3)cc12. The quantitative estimate of drug-likeness (QED) is 0.483. The molecule has 3 aromatic heterocycles. The van der Waals surface area contributed by atoms with E-state index in [9.17, 15) is 9.18 Å². The number of nitrogens with zero attached hydrogens (tertiary/aromatic N) is 3. The van der Waals surface area contributed by atoms with Crippen LogP contribution in [0.4, 0.5) is 4.39 Å². The second-order valence-corrected chi connectivity index (χ2v) is 9.08. The van der Waals surface area contributed by atoms with Crippen LogP contribution in [0.5, 0.6) is 0 Å². The molecule has 0 spiro atoms. The number of hydrogen-bond acceptors (Lipinski definition) is 4. The maximum atomic E-state index is 13.2. The molecule has 5 rings (SSSR count). The molecule has 7 heteroatoms. The van der Waals surface area contributed by atoms with Crippen LogP contribution >= 0.6 is 22.7 Å². The summed E-state index contributed by atoms with van der Waals surface area (Å²) in [4.78, 5) is 18.2. The van der Waals surface area contributed by atoms with Crippen molar-refractivity contribution in [2.45, 2.75) is 26.4 Å². The number of aromatic nitrogens is 2. The van der Waals surface area contributed by atoms with Crippen LogP contribution in [-0.4, -0.2) is 27.1 Å². The first-order valence-corrected chi connectivity index (χ1v) is 10.8. The fourth-order valence-electron chi connectivity index (χ4n) is 3.67. The highest BCUT2D eigenvalue weighted by Gasteiger charge is 2.25. The van der Waals surface area contributed by atoms with Gasteiger partial charge >= 0.3 is 0 Å². The fourth-order valence-corrected chi connectivity index (χ4v) is 5.68. The van der Waals surface area contributed by atoms with Crippen LogP contribution < -0.4 is 0 Å². The van der Waals surface area contributed by atoms with Gasteiger partial charge in [-0.15, -0.1) is 22.7 Å². The number of amides is 1. The highest BCUT2D eigenvalue weighted by molar-refractivity contribution is 7.20. The number of thiophene rings is 2. The van der Waals surface area contributed by atoms with Crippen LogP contribution in [0.25, 0.3) is 10.2 Å². The predicted molar refractivity (Wildman–Crippen MR) is 111 cm³/mol. The predicted octanol–water partition coefficient (Wildman–Crippen LogP) is 4.85. The summed E-state index contributed by atoms with van der Waals surface area (Å²) >= 11 is 3.27. The first kappa shape index (κ1) is 17.6. The summed E-state index contributed by atoms with van der Waals surface area (Å²) in [6.45, 7) is 3.97. The maximum absolute atomic E-state index is 13.2. The molecular formula is C21H18FN3OS2. The molecule has 0 N–H and O–H groups in total. The van der Waals surface area contributed by atoms with E-state index in [0.717, 1.165) is 39.3 Å². The van der Waals surface area contributed by atoms with Crippen LogP contribution in [0, 0.1) is 12.7 Å². The second kappa shape index (κ2) is 6.83. The van der Waals surface area contributed by atoms with E-state index in [-0.39, 0.29) is 11.7 Å². The Kier molecular flexibility index (Phi) is 4.29. The fraction of sp³-hybridized carbons (Fsp3) is 0.238. The van der Waals surface area contributed by atoms with E-state index in [4.69, 9.17) is 0 Å². The summed E-state index contributed by atoms with van der Waals surface area (Å²) in [5.41, 5.74) is 3.16. The lowest BCUT2D eigenvalue weighted by molar-refractivity contribution is 0.0741. The van der Waals surface area contributed by atoms with Gasteiger partial charge in [0, 0.05) is 23.4 Å². The monoisotopic (exact) mass is 411 g/mol. The summed E-state index contributed by atoms with van der Waals surface area (Å²) in [6.07, 6.45) is 0.932. The van der Waals surface area contributed by atoms with Crippen molar-refractivity contribution in [3.63, 3.8) is 0 Å². The van der Waals surface area contributed by atoms with Crippen molar-refractivity contribution >= 4 is 38.8 Å². The maximum Gasteiger partial charge on any atom is 0.264 e. The van der Waals surface area contributed by atoms with Crippen LogP contribution in [0.2, 0.25) is 0 Å². The van der Waals surface area contributed by atoms with Crippen molar-refractivity contribution in [3.05, 3.63) is 74.2 Å². The zero-order chi connectivity index (χ0) is 19.3. The molecule has 1 aromatic carbocycles. The van der Waals surface area contributed by atoms with Crippen LogP contribution in [0.1, 0.15) is 31.4 Å². The Balaban J connectivity index is 1.43. The van der Waals surface area contributed by atoms with Crippen molar-refractivity contribution < 1.29 is 9.18 Å². The first-order chi connectivity index (χ1) is 13.6. The molecule has 28 heavy (non-hydrogen) atoms. The average molecular weight is 412 g/mol. The van der Waals surface area contributed by atoms with E-state index >= 15 is 0 Å². The third-order valence-electron chi connectivity index (χ3n) is 5.16. The Labute approximate surface area is 169 Å². The smallest absolute Gasteiger partial charge is 0.264 e. The number of carbonyl (C=O) groups is 1. The minimum atomic E-state index is -0.245. The van der Waals surface area contributed by atoms with Gasteiger partial charge in [0.1, 0.15) is 10.6 Å². The van der Waals surface area contributed by atoms with Gasteiger partial charge in [0.2, 0.25) is 0 Å². The molecular weight excluding hydrogens is 393 g/mol. The van der Waals surface area contributed by atoms with Crippen molar-refractivity contribution in [1.82, 2.24) is 14.7 Å².